The summed E-state index contributed by atoms with van der Waals surface area (Å²) in [6.45, 7) is 5.21. The lowest BCUT2D eigenvalue weighted by molar-refractivity contribution is -0.163. The molecule has 2 fully saturated rings. The number of carbonyl (C=O) groups is 1. The third kappa shape index (κ3) is 2.99. The molecular formula is C13H23NO3. The molecule has 0 amide bonds. The van der Waals surface area contributed by atoms with Crippen LogP contribution >= 0.6 is 0 Å². The largest absolute Gasteiger partial charge is 0.459 e. The molecule has 0 aromatic heterocycles. The van der Waals surface area contributed by atoms with Gasteiger partial charge >= 0.3 is 5.97 Å². The van der Waals surface area contributed by atoms with Crippen molar-refractivity contribution in [3.63, 3.8) is 0 Å². The summed E-state index contributed by atoms with van der Waals surface area (Å²) in [4.78, 5) is 12.3. The maximum Gasteiger partial charge on any atom is 0.313 e. The summed E-state index contributed by atoms with van der Waals surface area (Å²) in [7, 11) is 0. The van der Waals surface area contributed by atoms with Crippen LogP contribution in [0.25, 0.3) is 0 Å². The fourth-order valence-electron chi connectivity index (χ4n) is 2.82. The fraction of sp³-hybridized carbons (Fsp3) is 0.923. The molecule has 17 heavy (non-hydrogen) atoms. The van der Waals surface area contributed by atoms with Gasteiger partial charge in [0.15, 0.2) is 0 Å². The Hall–Kier alpha value is -0.610. The van der Waals surface area contributed by atoms with Crippen LogP contribution in [-0.2, 0) is 14.3 Å². The van der Waals surface area contributed by atoms with Crippen LogP contribution in [-0.4, -0.2) is 38.4 Å². The monoisotopic (exact) mass is 241 g/mol. The van der Waals surface area contributed by atoms with Crippen molar-refractivity contribution in [2.24, 2.45) is 5.41 Å². The second kappa shape index (κ2) is 5.83. The standard InChI is InChI=1S/C13H23NO3/c1-2-5-13(6-3-7-14-10-13)12(15)17-11-4-8-16-9-11/h11,14H,2-10H2,1H3. The van der Waals surface area contributed by atoms with Crippen molar-refractivity contribution in [2.75, 3.05) is 26.3 Å². The molecule has 0 bridgehead atoms. The number of ether oxygens (including phenoxy) is 2. The minimum absolute atomic E-state index is 0.0120. The zero-order chi connectivity index (χ0) is 12.1. The summed E-state index contributed by atoms with van der Waals surface area (Å²) in [5.74, 6) is -0.0120. The Morgan fingerprint density at radius 1 is 1.59 bits per heavy atom. The zero-order valence-electron chi connectivity index (χ0n) is 10.7. The van der Waals surface area contributed by atoms with Crippen LogP contribution < -0.4 is 5.32 Å². The predicted octanol–water partition coefficient (Wildman–Crippen LogP) is 1.49. The van der Waals surface area contributed by atoms with Gasteiger partial charge in [0.2, 0.25) is 0 Å². The average molecular weight is 241 g/mol. The van der Waals surface area contributed by atoms with Crippen molar-refractivity contribution in [2.45, 2.75) is 45.1 Å². The highest BCUT2D eigenvalue weighted by Crippen LogP contribution is 2.33. The minimum Gasteiger partial charge on any atom is -0.459 e. The summed E-state index contributed by atoms with van der Waals surface area (Å²) in [5.41, 5.74) is -0.282. The number of nitrogens with one attached hydrogen (secondary N) is 1. The van der Waals surface area contributed by atoms with Crippen LogP contribution in [0.15, 0.2) is 0 Å². The van der Waals surface area contributed by atoms with Gasteiger partial charge in [-0.25, -0.2) is 0 Å². The zero-order valence-corrected chi connectivity index (χ0v) is 10.7. The molecule has 0 aromatic carbocycles. The highest BCUT2D eigenvalue weighted by Gasteiger charge is 2.41. The fourth-order valence-corrected chi connectivity index (χ4v) is 2.82. The summed E-state index contributed by atoms with van der Waals surface area (Å²) in [6.07, 6.45) is 4.81. The smallest absolute Gasteiger partial charge is 0.313 e. The first-order chi connectivity index (χ1) is 8.27. The topological polar surface area (TPSA) is 47.6 Å². The first-order valence-corrected chi connectivity index (χ1v) is 6.76. The molecule has 2 aliphatic heterocycles. The second-order valence-electron chi connectivity index (χ2n) is 5.20. The van der Waals surface area contributed by atoms with Crippen LogP contribution in [0.4, 0.5) is 0 Å². The van der Waals surface area contributed by atoms with Gasteiger partial charge in [0.1, 0.15) is 6.10 Å². The SMILES string of the molecule is CCCC1(C(=O)OC2CCOC2)CCCNC1. The van der Waals surface area contributed by atoms with Crippen molar-refractivity contribution in [3.05, 3.63) is 0 Å². The molecule has 2 unspecified atom stereocenters. The number of piperidine rings is 1. The van der Waals surface area contributed by atoms with Gasteiger partial charge in [-0.05, 0) is 25.8 Å². The van der Waals surface area contributed by atoms with Gasteiger partial charge in [0.05, 0.1) is 18.6 Å². The van der Waals surface area contributed by atoms with E-state index in [1.54, 1.807) is 0 Å². The van der Waals surface area contributed by atoms with E-state index in [2.05, 4.69) is 12.2 Å². The van der Waals surface area contributed by atoms with E-state index in [-0.39, 0.29) is 17.5 Å². The summed E-state index contributed by atoms with van der Waals surface area (Å²) in [6, 6.07) is 0. The van der Waals surface area contributed by atoms with Crippen LogP contribution in [0.3, 0.4) is 0 Å². The van der Waals surface area contributed by atoms with Crippen LogP contribution in [0, 0.1) is 5.41 Å². The minimum atomic E-state index is -0.282. The van der Waals surface area contributed by atoms with Gasteiger partial charge in [0.25, 0.3) is 0 Å². The number of hydrogen-bond acceptors (Lipinski definition) is 4. The highest BCUT2D eigenvalue weighted by atomic mass is 16.6. The maximum atomic E-state index is 12.3. The Kier molecular flexibility index (Phi) is 4.40. The van der Waals surface area contributed by atoms with Crippen molar-refractivity contribution < 1.29 is 14.3 Å². The Labute approximate surface area is 103 Å². The Morgan fingerprint density at radius 2 is 2.47 bits per heavy atom. The summed E-state index contributed by atoms with van der Waals surface area (Å²) in [5, 5.41) is 3.33. The lowest BCUT2D eigenvalue weighted by Gasteiger charge is -2.35. The van der Waals surface area contributed by atoms with Crippen molar-refractivity contribution in [3.8, 4) is 0 Å². The molecule has 2 aliphatic rings. The molecule has 4 nitrogen and oxygen atoms in total. The molecule has 0 radical (unpaired) electrons. The van der Waals surface area contributed by atoms with Gasteiger partial charge in [-0.15, -0.1) is 0 Å². The molecule has 0 aromatic rings. The maximum absolute atomic E-state index is 12.3. The van der Waals surface area contributed by atoms with Gasteiger partial charge in [-0.1, -0.05) is 13.3 Å². The first-order valence-electron chi connectivity index (χ1n) is 6.76. The van der Waals surface area contributed by atoms with E-state index in [0.717, 1.165) is 51.8 Å². The molecule has 2 saturated heterocycles. The molecule has 0 saturated carbocycles. The molecule has 4 heteroatoms. The molecule has 1 N–H and O–H groups in total. The van der Waals surface area contributed by atoms with E-state index < -0.39 is 0 Å². The van der Waals surface area contributed by atoms with Crippen molar-refractivity contribution in [1.29, 1.82) is 0 Å². The predicted molar refractivity (Wildman–Crippen MR) is 64.8 cm³/mol. The third-order valence-electron chi connectivity index (χ3n) is 3.80. The number of rotatable bonds is 4. The van der Waals surface area contributed by atoms with Gasteiger partial charge in [0, 0.05) is 13.0 Å². The van der Waals surface area contributed by atoms with E-state index in [1.165, 1.54) is 0 Å². The summed E-state index contributed by atoms with van der Waals surface area (Å²) >= 11 is 0. The number of esters is 1. The van der Waals surface area contributed by atoms with E-state index >= 15 is 0 Å². The van der Waals surface area contributed by atoms with Crippen LogP contribution in [0.2, 0.25) is 0 Å². The lowest BCUT2D eigenvalue weighted by Crippen LogP contribution is -2.47. The average Bonchev–Trinajstić information content (AvgIpc) is 2.83. The van der Waals surface area contributed by atoms with E-state index in [4.69, 9.17) is 9.47 Å². The van der Waals surface area contributed by atoms with Crippen LogP contribution in [0.5, 0.6) is 0 Å². The Bertz CT molecular complexity index is 250. The molecule has 2 rings (SSSR count). The van der Waals surface area contributed by atoms with Crippen LogP contribution in [0.1, 0.15) is 39.0 Å². The van der Waals surface area contributed by atoms with Gasteiger partial charge in [-0.2, -0.15) is 0 Å². The molecule has 0 spiro atoms. The molecule has 2 atom stereocenters. The number of hydrogen-bond donors (Lipinski definition) is 1. The van der Waals surface area contributed by atoms with E-state index in [9.17, 15) is 4.79 Å². The second-order valence-corrected chi connectivity index (χ2v) is 5.20. The molecular weight excluding hydrogens is 218 g/mol. The normalized spacial score (nSPS) is 33.6. The van der Waals surface area contributed by atoms with Gasteiger partial charge in [-0.3, -0.25) is 4.79 Å². The van der Waals surface area contributed by atoms with Crippen molar-refractivity contribution >= 4 is 5.97 Å². The quantitative estimate of drug-likeness (QED) is 0.758. The molecule has 2 heterocycles. The van der Waals surface area contributed by atoms with Gasteiger partial charge < -0.3 is 14.8 Å². The molecule has 0 aliphatic carbocycles. The Balaban J connectivity index is 1.96. The van der Waals surface area contributed by atoms with E-state index in [0.29, 0.717) is 6.61 Å². The number of carbonyl (C=O) groups excluding carboxylic acids is 1. The third-order valence-corrected chi connectivity index (χ3v) is 3.80. The van der Waals surface area contributed by atoms with E-state index in [1.807, 2.05) is 0 Å². The van der Waals surface area contributed by atoms with Crippen molar-refractivity contribution in [1.82, 2.24) is 5.32 Å². The lowest BCUT2D eigenvalue weighted by atomic mass is 9.77. The highest BCUT2D eigenvalue weighted by molar-refractivity contribution is 5.77. The first kappa shape index (κ1) is 12.8. The molecule has 98 valence electrons. The Morgan fingerprint density at radius 3 is 3.06 bits per heavy atom. The summed E-state index contributed by atoms with van der Waals surface area (Å²) < 4.78 is 10.8.